The molecule has 0 spiro atoms. The van der Waals surface area contributed by atoms with Crippen LogP contribution in [0.2, 0.25) is 0 Å². The van der Waals surface area contributed by atoms with E-state index in [1.54, 1.807) is 6.20 Å². The zero-order valence-electron chi connectivity index (χ0n) is 15.1. The maximum Gasteiger partial charge on any atom is 0.321 e. The number of aromatic nitrogens is 3. The van der Waals surface area contributed by atoms with Crippen LogP contribution in [0.25, 0.3) is 11.0 Å². The van der Waals surface area contributed by atoms with Gasteiger partial charge in [-0.3, -0.25) is 4.98 Å². The van der Waals surface area contributed by atoms with Gasteiger partial charge in [0.25, 0.3) is 0 Å². The molecular weight excluding hydrogens is 326 g/mol. The summed E-state index contributed by atoms with van der Waals surface area (Å²) in [6, 6.07) is 11.8. The van der Waals surface area contributed by atoms with Crippen LogP contribution in [-0.2, 0) is 0 Å². The fourth-order valence-electron chi connectivity index (χ4n) is 3.67. The number of rotatable bonds is 3. The van der Waals surface area contributed by atoms with Crippen LogP contribution in [0.15, 0.2) is 48.8 Å². The van der Waals surface area contributed by atoms with E-state index in [0.717, 1.165) is 35.5 Å². The summed E-state index contributed by atoms with van der Waals surface area (Å²) >= 11 is 0. The zero-order valence-corrected chi connectivity index (χ0v) is 15.1. The van der Waals surface area contributed by atoms with E-state index in [1.807, 2.05) is 47.5 Å². The molecule has 6 heteroatoms. The third-order valence-electron chi connectivity index (χ3n) is 4.90. The summed E-state index contributed by atoms with van der Waals surface area (Å²) in [6.07, 6.45) is 4.57. The van der Waals surface area contributed by atoms with Crippen LogP contribution in [0.5, 0.6) is 0 Å². The van der Waals surface area contributed by atoms with E-state index < -0.39 is 0 Å². The highest BCUT2D eigenvalue weighted by Crippen LogP contribution is 2.31. The number of carbonyl (C=O) groups excluding carboxylic acids is 1. The second-order valence-corrected chi connectivity index (χ2v) is 7.03. The molecule has 0 aliphatic carbocycles. The molecule has 1 atom stereocenters. The third kappa shape index (κ3) is 3.03. The minimum atomic E-state index is -0.0485. The summed E-state index contributed by atoms with van der Waals surface area (Å²) in [4.78, 5) is 23.5. The number of anilines is 1. The van der Waals surface area contributed by atoms with Crippen molar-refractivity contribution < 1.29 is 4.79 Å². The number of carbonyl (C=O) groups is 1. The van der Waals surface area contributed by atoms with Crippen molar-refractivity contribution in [3.05, 3.63) is 54.6 Å². The van der Waals surface area contributed by atoms with E-state index in [4.69, 9.17) is 4.98 Å². The minimum Gasteiger partial charge on any atom is -0.324 e. The number of nitrogens with zero attached hydrogens (tertiary/aromatic N) is 4. The SMILES string of the molecule is CC(C)n1c([C@H]2CCN(C(=O)Nc3ccccc3)C2)nc2ccncc21. The van der Waals surface area contributed by atoms with E-state index in [-0.39, 0.29) is 11.9 Å². The molecule has 1 aromatic carbocycles. The van der Waals surface area contributed by atoms with Gasteiger partial charge in [-0.2, -0.15) is 0 Å². The summed E-state index contributed by atoms with van der Waals surface area (Å²) in [7, 11) is 0. The minimum absolute atomic E-state index is 0.0485. The summed E-state index contributed by atoms with van der Waals surface area (Å²) in [5, 5.41) is 2.97. The number of urea groups is 1. The molecule has 0 unspecified atom stereocenters. The van der Waals surface area contributed by atoms with Crippen LogP contribution >= 0.6 is 0 Å². The van der Waals surface area contributed by atoms with Crippen molar-refractivity contribution in [1.29, 1.82) is 0 Å². The molecule has 3 heterocycles. The Kier molecular flexibility index (Phi) is 4.32. The topological polar surface area (TPSA) is 63.1 Å². The third-order valence-corrected chi connectivity index (χ3v) is 4.90. The predicted molar refractivity (Wildman–Crippen MR) is 102 cm³/mol. The number of likely N-dealkylation sites (tertiary alicyclic amines) is 1. The monoisotopic (exact) mass is 349 g/mol. The molecule has 2 amide bonds. The van der Waals surface area contributed by atoms with Gasteiger partial charge in [0, 0.05) is 36.9 Å². The fraction of sp³-hybridized carbons (Fsp3) is 0.350. The lowest BCUT2D eigenvalue weighted by Gasteiger charge is -2.19. The van der Waals surface area contributed by atoms with Crippen LogP contribution in [0, 0.1) is 0 Å². The second-order valence-electron chi connectivity index (χ2n) is 7.03. The van der Waals surface area contributed by atoms with Crippen molar-refractivity contribution in [2.24, 2.45) is 0 Å². The van der Waals surface area contributed by atoms with Gasteiger partial charge in [0.1, 0.15) is 5.82 Å². The van der Waals surface area contributed by atoms with Gasteiger partial charge in [-0.25, -0.2) is 9.78 Å². The molecule has 1 saturated heterocycles. The van der Waals surface area contributed by atoms with Gasteiger partial charge in [-0.15, -0.1) is 0 Å². The smallest absolute Gasteiger partial charge is 0.321 e. The molecular formula is C20H23N5O. The lowest BCUT2D eigenvalue weighted by Crippen LogP contribution is -2.33. The Bertz CT molecular complexity index is 918. The maximum absolute atomic E-state index is 12.6. The molecule has 2 aromatic heterocycles. The molecule has 1 aliphatic heterocycles. The number of imidazole rings is 1. The van der Waals surface area contributed by atoms with Crippen molar-refractivity contribution >= 4 is 22.8 Å². The Morgan fingerprint density at radius 1 is 1.23 bits per heavy atom. The van der Waals surface area contributed by atoms with Crippen molar-refractivity contribution in [3.8, 4) is 0 Å². The molecule has 0 bridgehead atoms. The highest BCUT2D eigenvalue weighted by Gasteiger charge is 2.31. The van der Waals surface area contributed by atoms with Gasteiger partial charge < -0.3 is 14.8 Å². The molecule has 0 radical (unpaired) electrons. The van der Waals surface area contributed by atoms with Gasteiger partial charge in [-0.05, 0) is 38.5 Å². The molecule has 1 aliphatic rings. The van der Waals surface area contributed by atoms with Crippen LogP contribution < -0.4 is 5.32 Å². The van der Waals surface area contributed by atoms with Gasteiger partial charge >= 0.3 is 6.03 Å². The number of hydrogen-bond acceptors (Lipinski definition) is 3. The molecule has 26 heavy (non-hydrogen) atoms. The Hall–Kier alpha value is -2.89. The molecule has 3 aromatic rings. The Morgan fingerprint density at radius 2 is 2.04 bits per heavy atom. The van der Waals surface area contributed by atoms with Crippen LogP contribution in [0.1, 0.15) is 38.1 Å². The number of amides is 2. The highest BCUT2D eigenvalue weighted by atomic mass is 16.2. The largest absolute Gasteiger partial charge is 0.324 e. The molecule has 0 saturated carbocycles. The lowest BCUT2D eigenvalue weighted by atomic mass is 10.1. The zero-order chi connectivity index (χ0) is 18.1. The first-order valence-corrected chi connectivity index (χ1v) is 9.06. The Labute approximate surface area is 152 Å². The standard InChI is InChI=1S/C20H23N5O/c1-14(2)25-18-12-21-10-8-17(18)23-19(25)15-9-11-24(13-15)20(26)22-16-6-4-3-5-7-16/h3-8,10,12,14-15H,9,11,13H2,1-2H3,(H,22,26)/t15-/m0/s1. The first-order valence-electron chi connectivity index (χ1n) is 9.06. The van der Waals surface area contributed by atoms with E-state index in [1.165, 1.54) is 0 Å². The van der Waals surface area contributed by atoms with E-state index in [0.29, 0.717) is 12.6 Å². The average molecular weight is 349 g/mol. The quantitative estimate of drug-likeness (QED) is 0.776. The number of pyridine rings is 1. The van der Waals surface area contributed by atoms with Crippen molar-refractivity contribution in [2.75, 3.05) is 18.4 Å². The normalized spacial score (nSPS) is 17.2. The number of para-hydroxylation sites is 1. The van der Waals surface area contributed by atoms with Crippen molar-refractivity contribution in [3.63, 3.8) is 0 Å². The van der Waals surface area contributed by atoms with Crippen LogP contribution in [0.4, 0.5) is 10.5 Å². The average Bonchev–Trinajstić information content (AvgIpc) is 3.27. The van der Waals surface area contributed by atoms with Gasteiger partial charge in [0.05, 0.1) is 17.2 Å². The molecule has 134 valence electrons. The van der Waals surface area contributed by atoms with Crippen molar-refractivity contribution in [2.45, 2.75) is 32.2 Å². The van der Waals surface area contributed by atoms with E-state index in [2.05, 4.69) is 28.7 Å². The molecule has 1 fully saturated rings. The molecule has 1 N–H and O–H groups in total. The number of hydrogen-bond donors (Lipinski definition) is 1. The number of benzene rings is 1. The van der Waals surface area contributed by atoms with Gasteiger partial charge in [0.2, 0.25) is 0 Å². The van der Waals surface area contributed by atoms with Crippen molar-refractivity contribution in [1.82, 2.24) is 19.4 Å². The second kappa shape index (κ2) is 6.78. The summed E-state index contributed by atoms with van der Waals surface area (Å²) in [6.45, 7) is 5.74. The number of nitrogens with one attached hydrogen (secondary N) is 1. The van der Waals surface area contributed by atoms with Gasteiger partial charge in [0.15, 0.2) is 0 Å². The number of fused-ring (bicyclic) bond motifs is 1. The first-order chi connectivity index (χ1) is 12.6. The molecule has 4 rings (SSSR count). The Balaban J connectivity index is 1.55. The first kappa shape index (κ1) is 16.6. The summed E-state index contributed by atoms with van der Waals surface area (Å²) in [5.41, 5.74) is 2.85. The Morgan fingerprint density at radius 3 is 2.81 bits per heavy atom. The van der Waals surface area contributed by atoms with Crippen LogP contribution in [-0.4, -0.2) is 38.6 Å². The highest BCUT2D eigenvalue weighted by molar-refractivity contribution is 5.89. The summed E-state index contributed by atoms with van der Waals surface area (Å²) in [5.74, 6) is 1.30. The van der Waals surface area contributed by atoms with Gasteiger partial charge in [-0.1, -0.05) is 18.2 Å². The van der Waals surface area contributed by atoms with E-state index in [9.17, 15) is 4.79 Å². The van der Waals surface area contributed by atoms with E-state index >= 15 is 0 Å². The fourth-order valence-corrected chi connectivity index (χ4v) is 3.67. The van der Waals surface area contributed by atoms with Crippen LogP contribution in [0.3, 0.4) is 0 Å². The maximum atomic E-state index is 12.6. The lowest BCUT2D eigenvalue weighted by molar-refractivity contribution is 0.222. The molecule has 6 nitrogen and oxygen atoms in total. The summed E-state index contributed by atoms with van der Waals surface area (Å²) < 4.78 is 2.26. The predicted octanol–water partition coefficient (Wildman–Crippen LogP) is 4.03.